The Balaban J connectivity index is 2.23. The fourth-order valence-electron chi connectivity index (χ4n) is 3.77. The van der Waals surface area contributed by atoms with Crippen molar-refractivity contribution in [3.8, 4) is 0 Å². The smallest absolute Gasteiger partial charge is 0.116 e. The molecule has 0 amide bonds. The first-order valence-corrected chi connectivity index (χ1v) is 10.3. The van der Waals surface area contributed by atoms with Crippen LogP contribution in [0.25, 0.3) is 0 Å². The summed E-state index contributed by atoms with van der Waals surface area (Å²) in [7, 11) is -1.05. The monoisotopic (exact) mass is 346 g/mol. The Kier molecular flexibility index (Phi) is 5.16. The maximum Gasteiger partial charge on any atom is 0.133 e. The van der Waals surface area contributed by atoms with Crippen molar-refractivity contribution in [1.82, 2.24) is 0 Å². The molecule has 3 aromatic rings. The lowest BCUT2D eigenvalue weighted by Gasteiger charge is -2.37. The molecule has 0 aliphatic carbocycles. The topological polar surface area (TPSA) is 0 Å². The second-order valence-electron chi connectivity index (χ2n) is 6.58. The van der Waals surface area contributed by atoms with Gasteiger partial charge < -0.3 is 0 Å². The molecule has 0 aliphatic heterocycles. The van der Waals surface area contributed by atoms with E-state index in [4.69, 9.17) is 0 Å². The second kappa shape index (κ2) is 7.18. The molecule has 0 spiro atoms. The van der Waals surface area contributed by atoms with Crippen LogP contribution in [0.1, 0.15) is 33.5 Å². The maximum absolute atomic E-state index is 2.61. The van der Waals surface area contributed by atoms with Gasteiger partial charge in [0.05, 0.1) is 11.0 Å². The van der Waals surface area contributed by atoms with Crippen molar-refractivity contribution in [1.29, 1.82) is 0 Å². The maximum atomic E-state index is 2.61. The molecule has 0 saturated carbocycles. The Hall–Kier alpha value is -1.85. The van der Waals surface area contributed by atoms with E-state index in [1.165, 1.54) is 27.8 Å². The van der Waals surface area contributed by atoms with Crippen LogP contribution < -0.4 is 5.30 Å². The van der Waals surface area contributed by atoms with Gasteiger partial charge in [-0.1, -0.05) is 78.4 Å². The number of hydrogen-bond acceptors (Lipinski definition) is 0. The molecular formula is C23H28BP. The predicted octanol–water partition coefficient (Wildman–Crippen LogP) is 4.95. The molecule has 0 nitrogen and oxygen atoms in total. The highest BCUT2D eigenvalue weighted by Gasteiger charge is 2.37. The standard InChI is InChI=1S/C23H28BP/c1-17-15-18(2)22(19(3)16-17)25(4,24)23(20-11-7-5-8-12-20)21-13-9-6-10-14-21/h5-16,23H,1-4,24H3. The van der Waals surface area contributed by atoms with Gasteiger partial charge in [0, 0.05) is 6.66 Å². The van der Waals surface area contributed by atoms with Gasteiger partial charge in [-0.15, -0.1) is 7.14 Å². The Morgan fingerprint density at radius 1 is 0.720 bits per heavy atom. The molecule has 0 saturated heterocycles. The summed E-state index contributed by atoms with van der Waals surface area (Å²) >= 11 is 0. The van der Waals surface area contributed by atoms with E-state index in [1.54, 1.807) is 5.30 Å². The SMILES string of the molecule is [BH3-][P+](C)(c1c(C)cc(C)cc1C)C(c1ccccc1)c1ccccc1. The van der Waals surface area contributed by atoms with Crippen LogP contribution in [-0.4, -0.2) is 14.2 Å². The van der Waals surface area contributed by atoms with Crippen molar-refractivity contribution in [2.75, 3.05) is 6.66 Å². The van der Waals surface area contributed by atoms with E-state index in [-0.39, 0.29) is 7.57 Å². The summed E-state index contributed by atoms with van der Waals surface area (Å²) in [5.41, 5.74) is 7.89. The number of aryl methyl sites for hydroxylation is 3. The molecule has 3 rings (SSSR count). The van der Waals surface area contributed by atoms with Crippen molar-refractivity contribution in [2.24, 2.45) is 0 Å². The van der Waals surface area contributed by atoms with Gasteiger partial charge in [0.15, 0.2) is 0 Å². The van der Waals surface area contributed by atoms with Crippen LogP contribution in [0.3, 0.4) is 0 Å². The summed E-state index contributed by atoms with van der Waals surface area (Å²) in [6.07, 6.45) is 0. The van der Waals surface area contributed by atoms with Crippen LogP contribution in [0.4, 0.5) is 0 Å². The molecule has 0 bridgehead atoms. The van der Waals surface area contributed by atoms with Gasteiger partial charge in [-0.05, 0) is 43.0 Å². The number of hydrogen-bond donors (Lipinski definition) is 0. The summed E-state index contributed by atoms with van der Waals surface area (Å²) < 4.78 is 0. The van der Waals surface area contributed by atoms with Crippen molar-refractivity contribution >= 4 is 20.0 Å². The minimum Gasteiger partial charge on any atom is -0.116 e. The minimum atomic E-state index is -1.19. The van der Waals surface area contributed by atoms with Crippen molar-refractivity contribution < 1.29 is 0 Å². The van der Waals surface area contributed by atoms with Gasteiger partial charge in [-0.2, -0.15) is 0 Å². The first kappa shape index (κ1) is 18.0. The van der Waals surface area contributed by atoms with Gasteiger partial charge in [0.1, 0.15) is 7.57 Å². The van der Waals surface area contributed by atoms with Crippen LogP contribution in [0.5, 0.6) is 0 Å². The Morgan fingerprint density at radius 2 is 1.12 bits per heavy atom. The van der Waals surface area contributed by atoms with E-state index in [2.05, 4.69) is 100 Å². The minimum absolute atomic E-state index is 0.149. The summed E-state index contributed by atoms with van der Waals surface area (Å²) in [6.45, 7) is 9.47. The van der Waals surface area contributed by atoms with Crippen LogP contribution in [-0.2, 0) is 0 Å². The van der Waals surface area contributed by atoms with Gasteiger partial charge in [0.2, 0.25) is 0 Å². The fourth-order valence-corrected chi connectivity index (χ4v) is 6.51. The van der Waals surface area contributed by atoms with Crippen LogP contribution in [0.15, 0.2) is 72.8 Å². The van der Waals surface area contributed by atoms with E-state index in [9.17, 15) is 0 Å². The summed E-state index contributed by atoms with van der Waals surface area (Å²) in [4.78, 5) is 0. The molecule has 0 N–H and O–H groups in total. The number of rotatable bonds is 4. The zero-order chi connectivity index (χ0) is 18.0. The van der Waals surface area contributed by atoms with Crippen molar-refractivity contribution in [3.05, 3.63) is 101 Å². The van der Waals surface area contributed by atoms with E-state index < -0.39 is 7.14 Å². The largest absolute Gasteiger partial charge is 0.133 e. The van der Waals surface area contributed by atoms with Gasteiger partial charge in [-0.3, -0.25) is 0 Å². The molecule has 2 heteroatoms. The average Bonchev–Trinajstić information content (AvgIpc) is 2.55. The summed E-state index contributed by atoms with van der Waals surface area (Å²) in [5.74, 6) is 0. The highest BCUT2D eigenvalue weighted by Crippen LogP contribution is 2.65. The predicted molar refractivity (Wildman–Crippen MR) is 118 cm³/mol. The third kappa shape index (κ3) is 3.58. The molecule has 0 radical (unpaired) electrons. The summed E-state index contributed by atoms with van der Waals surface area (Å²) in [6, 6.07) is 27.1. The van der Waals surface area contributed by atoms with Crippen LogP contribution >= 0.6 is 7.14 Å². The first-order valence-electron chi connectivity index (χ1n) is 8.48. The number of benzene rings is 3. The highest BCUT2D eigenvalue weighted by molar-refractivity contribution is 8.03. The lowest BCUT2D eigenvalue weighted by atomic mass is 10.0. The zero-order valence-corrected chi connectivity index (χ0v) is 15.8. The fraction of sp³-hybridized carbons (Fsp3) is 0.217. The van der Waals surface area contributed by atoms with Crippen molar-refractivity contribution in [3.63, 3.8) is 0 Å². The molecular weight excluding hydrogens is 318 g/mol. The molecule has 0 aromatic heterocycles. The molecule has 0 fully saturated rings. The lowest BCUT2D eigenvalue weighted by molar-refractivity contribution is 1.13. The van der Waals surface area contributed by atoms with Gasteiger partial charge in [-0.25, -0.2) is 0 Å². The van der Waals surface area contributed by atoms with Gasteiger partial charge in [0.25, 0.3) is 0 Å². The van der Waals surface area contributed by atoms with Gasteiger partial charge >= 0.3 is 0 Å². The normalized spacial score (nSPS) is 13.7. The molecule has 1 atom stereocenters. The first-order chi connectivity index (χ1) is 11.9. The third-order valence-corrected chi connectivity index (χ3v) is 7.39. The average molecular weight is 346 g/mol. The molecule has 128 valence electrons. The molecule has 0 heterocycles. The van der Waals surface area contributed by atoms with E-state index in [0.717, 1.165) is 0 Å². The Morgan fingerprint density at radius 3 is 1.52 bits per heavy atom. The van der Waals surface area contributed by atoms with Crippen molar-refractivity contribution in [2.45, 2.75) is 26.4 Å². The quantitative estimate of drug-likeness (QED) is 0.463. The third-order valence-electron chi connectivity index (χ3n) is 4.61. The second-order valence-corrected chi connectivity index (χ2v) is 8.77. The Bertz CT molecular complexity index is 791. The lowest BCUT2D eigenvalue weighted by Crippen LogP contribution is -2.23. The molecule has 25 heavy (non-hydrogen) atoms. The summed E-state index contributed by atoms with van der Waals surface area (Å²) in [5, 5.41) is 1.69. The van der Waals surface area contributed by atoms with Crippen LogP contribution in [0.2, 0.25) is 0 Å². The van der Waals surface area contributed by atoms with E-state index in [0.29, 0.717) is 5.66 Å². The van der Waals surface area contributed by atoms with Crippen LogP contribution in [0, 0.1) is 20.8 Å². The molecule has 1 unspecified atom stereocenters. The zero-order valence-electron chi connectivity index (χ0n) is 15.0. The molecule has 0 aliphatic rings. The Labute approximate surface area is 154 Å². The molecule has 3 aromatic carbocycles. The highest BCUT2D eigenvalue weighted by atomic mass is 31.2. The van der Waals surface area contributed by atoms with E-state index in [1.807, 2.05) is 0 Å². The van der Waals surface area contributed by atoms with E-state index >= 15 is 0 Å².